The minimum Gasteiger partial charge on any atom is -0.354 e. The molecule has 0 atom stereocenters. The lowest BCUT2D eigenvalue weighted by atomic mass is 10.3. The maximum atomic E-state index is 5.91. The molecule has 0 unspecified atom stereocenters. The van der Waals surface area contributed by atoms with Crippen molar-refractivity contribution in [1.29, 1.82) is 0 Å². The van der Waals surface area contributed by atoms with Gasteiger partial charge in [0.2, 0.25) is 17.2 Å². The highest BCUT2D eigenvalue weighted by Crippen LogP contribution is 2.16. The highest BCUT2D eigenvalue weighted by molar-refractivity contribution is 6.28. The molecule has 0 aliphatic carbocycles. The second kappa shape index (κ2) is 6.59. The first-order chi connectivity index (χ1) is 8.08. The minimum absolute atomic E-state index is 0.229. The topological polar surface area (TPSA) is 53.9 Å². The number of nitrogens with one attached hydrogen (secondary N) is 1. The van der Waals surface area contributed by atoms with Crippen molar-refractivity contribution in [3.05, 3.63) is 5.28 Å². The third-order valence-corrected chi connectivity index (χ3v) is 2.44. The van der Waals surface area contributed by atoms with Gasteiger partial charge in [0.05, 0.1) is 0 Å². The standard InChI is InChI=1S/C11H20ClN5/c1-5-7-17(8(3)4)11-15-9(12)14-10(16-11)13-6-2/h8H,5-7H2,1-4H3,(H,13,14,15,16). The summed E-state index contributed by atoms with van der Waals surface area (Å²) in [6, 6.07) is 0.336. The van der Waals surface area contributed by atoms with E-state index < -0.39 is 0 Å². The summed E-state index contributed by atoms with van der Waals surface area (Å²) in [5, 5.41) is 3.28. The molecule has 0 aliphatic rings. The Morgan fingerprint density at radius 1 is 1.24 bits per heavy atom. The average molecular weight is 258 g/mol. The fourth-order valence-electron chi connectivity index (χ4n) is 1.54. The van der Waals surface area contributed by atoms with Gasteiger partial charge in [-0.15, -0.1) is 0 Å². The first-order valence-electron chi connectivity index (χ1n) is 6.00. The van der Waals surface area contributed by atoms with Gasteiger partial charge in [-0.05, 0) is 38.8 Å². The highest BCUT2D eigenvalue weighted by Gasteiger charge is 2.14. The van der Waals surface area contributed by atoms with Gasteiger partial charge in [-0.25, -0.2) is 0 Å². The fourth-order valence-corrected chi connectivity index (χ4v) is 1.69. The van der Waals surface area contributed by atoms with Gasteiger partial charge in [0.1, 0.15) is 0 Å². The molecule has 0 saturated heterocycles. The lowest BCUT2D eigenvalue weighted by Gasteiger charge is -2.26. The molecule has 96 valence electrons. The molecule has 5 nitrogen and oxygen atoms in total. The molecule has 0 aromatic carbocycles. The van der Waals surface area contributed by atoms with Crippen LogP contribution in [-0.4, -0.2) is 34.1 Å². The molecule has 1 heterocycles. The Bertz CT molecular complexity index is 356. The van der Waals surface area contributed by atoms with Gasteiger partial charge in [-0.2, -0.15) is 15.0 Å². The van der Waals surface area contributed by atoms with Crippen LogP contribution in [0.2, 0.25) is 5.28 Å². The number of anilines is 2. The number of aromatic nitrogens is 3. The lowest BCUT2D eigenvalue weighted by Crippen LogP contribution is -2.33. The predicted octanol–water partition coefficient (Wildman–Crippen LogP) is 2.58. The molecule has 1 aromatic rings. The van der Waals surface area contributed by atoms with Crippen molar-refractivity contribution in [3.8, 4) is 0 Å². The summed E-state index contributed by atoms with van der Waals surface area (Å²) < 4.78 is 0. The van der Waals surface area contributed by atoms with Crippen molar-refractivity contribution in [2.24, 2.45) is 0 Å². The predicted molar refractivity (Wildman–Crippen MR) is 71.8 cm³/mol. The molecule has 17 heavy (non-hydrogen) atoms. The maximum Gasteiger partial charge on any atom is 0.231 e. The largest absolute Gasteiger partial charge is 0.354 e. The van der Waals surface area contributed by atoms with Gasteiger partial charge in [-0.3, -0.25) is 0 Å². The van der Waals surface area contributed by atoms with Crippen LogP contribution >= 0.6 is 11.6 Å². The van der Waals surface area contributed by atoms with Crippen molar-refractivity contribution in [2.75, 3.05) is 23.3 Å². The Morgan fingerprint density at radius 2 is 1.94 bits per heavy atom. The van der Waals surface area contributed by atoms with Gasteiger partial charge >= 0.3 is 0 Å². The van der Waals surface area contributed by atoms with E-state index in [1.807, 2.05) is 6.92 Å². The van der Waals surface area contributed by atoms with Gasteiger partial charge < -0.3 is 10.2 Å². The van der Waals surface area contributed by atoms with Gasteiger partial charge in [-0.1, -0.05) is 6.92 Å². The van der Waals surface area contributed by atoms with Crippen LogP contribution in [0.4, 0.5) is 11.9 Å². The Labute approximate surface area is 108 Å². The van der Waals surface area contributed by atoms with Crippen molar-refractivity contribution in [3.63, 3.8) is 0 Å². The van der Waals surface area contributed by atoms with Crippen LogP contribution in [0, 0.1) is 0 Å². The Kier molecular flexibility index (Phi) is 5.41. The van der Waals surface area contributed by atoms with E-state index in [1.54, 1.807) is 0 Å². The first kappa shape index (κ1) is 14.0. The number of hydrogen-bond donors (Lipinski definition) is 1. The van der Waals surface area contributed by atoms with E-state index >= 15 is 0 Å². The molecule has 0 bridgehead atoms. The second-order valence-corrected chi connectivity index (χ2v) is 4.38. The zero-order chi connectivity index (χ0) is 12.8. The molecule has 1 rings (SSSR count). The van der Waals surface area contributed by atoms with Crippen LogP contribution in [0.1, 0.15) is 34.1 Å². The Balaban J connectivity index is 3.00. The van der Waals surface area contributed by atoms with E-state index in [9.17, 15) is 0 Å². The zero-order valence-electron chi connectivity index (χ0n) is 10.9. The SMILES string of the molecule is CCCN(c1nc(Cl)nc(NCC)n1)C(C)C. The molecule has 0 aliphatic heterocycles. The molecule has 1 N–H and O–H groups in total. The third kappa shape index (κ3) is 4.00. The normalized spacial score (nSPS) is 10.7. The van der Waals surface area contributed by atoms with Crippen LogP contribution in [0.3, 0.4) is 0 Å². The lowest BCUT2D eigenvalue weighted by molar-refractivity contribution is 0.649. The first-order valence-corrected chi connectivity index (χ1v) is 6.38. The van der Waals surface area contributed by atoms with E-state index in [2.05, 4.69) is 45.9 Å². The second-order valence-electron chi connectivity index (χ2n) is 4.05. The summed E-state index contributed by atoms with van der Waals surface area (Å²) in [7, 11) is 0. The molecular formula is C11H20ClN5. The summed E-state index contributed by atoms with van der Waals surface area (Å²) in [5.41, 5.74) is 0. The molecule has 1 aromatic heterocycles. The minimum atomic E-state index is 0.229. The van der Waals surface area contributed by atoms with Gasteiger partial charge in [0, 0.05) is 19.1 Å². The number of hydrogen-bond acceptors (Lipinski definition) is 5. The molecule has 6 heteroatoms. The fraction of sp³-hybridized carbons (Fsp3) is 0.727. The monoisotopic (exact) mass is 257 g/mol. The zero-order valence-corrected chi connectivity index (χ0v) is 11.6. The van der Waals surface area contributed by atoms with Crippen molar-refractivity contribution < 1.29 is 0 Å². The molecule has 0 amide bonds. The molecular weight excluding hydrogens is 238 g/mol. The van der Waals surface area contributed by atoms with E-state index in [0.29, 0.717) is 17.9 Å². The van der Waals surface area contributed by atoms with E-state index in [0.717, 1.165) is 19.5 Å². The smallest absolute Gasteiger partial charge is 0.231 e. The van der Waals surface area contributed by atoms with Gasteiger partial charge in [0.25, 0.3) is 0 Å². The average Bonchev–Trinajstić information content (AvgIpc) is 2.25. The quantitative estimate of drug-likeness (QED) is 0.849. The molecule has 0 fully saturated rings. The Morgan fingerprint density at radius 3 is 2.47 bits per heavy atom. The number of halogens is 1. The van der Waals surface area contributed by atoms with Crippen LogP contribution < -0.4 is 10.2 Å². The molecule has 0 saturated carbocycles. The summed E-state index contributed by atoms with van der Waals surface area (Å²) in [4.78, 5) is 14.7. The third-order valence-electron chi connectivity index (χ3n) is 2.28. The number of nitrogens with zero attached hydrogens (tertiary/aromatic N) is 4. The Hall–Kier alpha value is -1.10. The van der Waals surface area contributed by atoms with Crippen molar-refractivity contribution >= 4 is 23.5 Å². The van der Waals surface area contributed by atoms with Crippen LogP contribution in [0.25, 0.3) is 0 Å². The van der Waals surface area contributed by atoms with E-state index in [-0.39, 0.29) is 5.28 Å². The summed E-state index contributed by atoms with van der Waals surface area (Å²) >= 11 is 5.91. The van der Waals surface area contributed by atoms with Crippen LogP contribution in [0.5, 0.6) is 0 Å². The number of rotatable bonds is 6. The summed E-state index contributed by atoms with van der Waals surface area (Å²) in [6.07, 6.45) is 1.04. The van der Waals surface area contributed by atoms with Crippen molar-refractivity contribution in [2.45, 2.75) is 40.2 Å². The van der Waals surface area contributed by atoms with Crippen LogP contribution in [-0.2, 0) is 0 Å². The van der Waals surface area contributed by atoms with E-state index in [1.165, 1.54) is 0 Å². The van der Waals surface area contributed by atoms with Gasteiger partial charge in [0.15, 0.2) is 0 Å². The highest BCUT2D eigenvalue weighted by atomic mass is 35.5. The van der Waals surface area contributed by atoms with Crippen molar-refractivity contribution in [1.82, 2.24) is 15.0 Å². The molecule has 0 radical (unpaired) electrons. The summed E-state index contributed by atoms with van der Waals surface area (Å²) in [6.45, 7) is 10.0. The maximum absolute atomic E-state index is 5.91. The van der Waals surface area contributed by atoms with Crippen LogP contribution in [0.15, 0.2) is 0 Å². The molecule has 0 spiro atoms. The summed E-state index contributed by atoms with van der Waals surface area (Å²) in [5.74, 6) is 1.17. The van der Waals surface area contributed by atoms with E-state index in [4.69, 9.17) is 11.6 Å².